The minimum absolute atomic E-state index is 0.250. The average molecular weight is 211 g/mol. The van der Waals surface area contributed by atoms with Crippen molar-refractivity contribution in [1.82, 2.24) is 0 Å². The van der Waals surface area contributed by atoms with E-state index in [1.165, 1.54) is 6.08 Å². The Bertz CT molecular complexity index is 306. The Morgan fingerprint density at radius 3 is 2.71 bits per heavy atom. The van der Waals surface area contributed by atoms with Gasteiger partial charge in [0.25, 0.3) is 0 Å². The van der Waals surface area contributed by atoms with Crippen LogP contribution in [-0.4, -0.2) is 18.5 Å². The predicted molar refractivity (Wildman–Crippen MR) is 57.2 cm³/mol. The van der Waals surface area contributed by atoms with E-state index < -0.39 is 0 Å². The van der Waals surface area contributed by atoms with Crippen LogP contribution >= 0.6 is 11.6 Å². The first-order valence-electron chi connectivity index (χ1n) is 4.29. The van der Waals surface area contributed by atoms with Crippen molar-refractivity contribution >= 4 is 23.6 Å². The van der Waals surface area contributed by atoms with Gasteiger partial charge >= 0.3 is 5.97 Å². The number of rotatable bonds is 4. The fourth-order valence-electron chi connectivity index (χ4n) is 0.916. The third-order valence-electron chi connectivity index (χ3n) is 1.53. The highest BCUT2D eigenvalue weighted by atomic mass is 35.5. The monoisotopic (exact) mass is 210 g/mol. The zero-order chi connectivity index (χ0) is 10.2. The second-order valence-corrected chi connectivity index (χ2v) is 2.98. The lowest BCUT2D eigenvalue weighted by atomic mass is 10.2. The summed E-state index contributed by atoms with van der Waals surface area (Å²) in [6.07, 6.45) is 3.10. The lowest BCUT2D eigenvalue weighted by Gasteiger charge is -1.96. The van der Waals surface area contributed by atoms with E-state index in [2.05, 4.69) is 0 Å². The molecule has 1 rings (SSSR count). The average Bonchev–Trinajstić information content (AvgIpc) is 2.25. The molecule has 0 amide bonds. The van der Waals surface area contributed by atoms with Crippen LogP contribution < -0.4 is 0 Å². The van der Waals surface area contributed by atoms with Crippen molar-refractivity contribution < 1.29 is 9.53 Å². The van der Waals surface area contributed by atoms with Crippen LogP contribution in [0.3, 0.4) is 0 Å². The number of carbonyl (C=O) groups is 1. The Morgan fingerprint density at radius 2 is 2.07 bits per heavy atom. The highest BCUT2D eigenvalue weighted by molar-refractivity contribution is 6.18. The van der Waals surface area contributed by atoms with Gasteiger partial charge in [-0.15, -0.1) is 11.6 Å². The Hall–Kier alpha value is -1.28. The third-order valence-corrected chi connectivity index (χ3v) is 1.69. The van der Waals surface area contributed by atoms with E-state index in [1.54, 1.807) is 6.08 Å². The van der Waals surface area contributed by atoms with Gasteiger partial charge in [0.15, 0.2) is 0 Å². The Labute approximate surface area is 88.1 Å². The van der Waals surface area contributed by atoms with Crippen molar-refractivity contribution in [1.29, 1.82) is 0 Å². The molecule has 1 aromatic rings. The van der Waals surface area contributed by atoms with Crippen LogP contribution in [0, 0.1) is 0 Å². The quantitative estimate of drug-likeness (QED) is 0.434. The van der Waals surface area contributed by atoms with E-state index >= 15 is 0 Å². The van der Waals surface area contributed by atoms with Crippen molar-refractivity contribution in [3.63, 3.8) is 0 Å². The fraction of sp³-hybridized carbons (Fsp3) is 0.182. The molecule has 0 saturated heterocycles. The second-order valence-electron chi connectivity index (χ2n) is 2.60. The van der Waals surface area contributed by atoms with Gasteiger partial charge in [-0.25, -0.2) is 4.79 Å². The van der Waals surface area contributed by atoms with Crippen molar-refractivity contribution in [2.45, 2.75) is 0 Å². The van der Waals surface area contributed by atoms with Gasteiger partial charge in [0, 0.05) is 6.08 Å². The fourth-order valence-corrected chi connectivity index (χ4v) is 0.993. The van der Waals surface area contributed by atoms with Gasteiger partial charge in [-0.3, -0.25) is 0 Å². The maximum atomic E-state index is 11.0. The molecule has 0 saturated carbocycles. The van der Waals surface area contributed by atoms with Crippen molar-refractivity contribution in [3.05, 3.63) is 42.0 Å². The van der Waals surface area contributed by atoms with Crippen molar-refractivity contribution in [2.75, 3.05) is 12.5 Å². The number of benzene rings is 1. The normalized spacial score (nSPS) is 10.4. The standard InChI is InChI=1S/C11H11ClO2/c12-8-9-14-11(13)7-6-10-4-2-1-3-5-10/h1-7H,8-9H2. The van der Waals surface area contributed by atoms with Crippen molar-refractivity contribution in [2.24, 2.45) is 0 Å². The molecule has 0 bridgehead atoms. The molecule has 1 aromatic carbocycles. The maximum Gasteiger partial charge on any atom is 0.330 e. The van der Waals surface area contributed by atoms with E-state index in [0.29, 0.717) is 5.88 Å². The Morgan fingerprint density at radius 1 is 1.36 bits per heavy atom. The Balaban J connectivity index is 2.44. The predicted octanol–water partition coefficient (Wildman–Crippen LogP) is 2.48. The summed E-state index contributed by atoms with van der Waals surface area (Å²) in [7, 11) is 0. The molecular weight excluding hydrogens is 200 g/mol. The molecule has 0 N–H and O–H groups in total. The van der Waals surface area contributed by atoms with Crippen LogP contribution in [0.25, 0.3) is 6.08 Å². The summed E-state index contributed by atoms with van der Waals surface area (Å²) in [5.41, 5.74) is 0.968. The molecule has 2 nitrogen and oxygen atoms in total. The molecule has 74 valence electrons. The molecule has 0 radical (unpaired) electrons. The smallest absolute Gasteiger partial charge is 0.330 e. The van der Waals surface area contributed by atoms with Crippen molar-refractivity contribution in [3.8, 4) is 0 Å². The van der Waals surface area contributed by atoms with Crippen LogP contribution in [0.4, 0.5) is 0 Å². The number of hydrogen-bond acceptors (Lipinski definition) is 2. The molecule has 14 heavy (non-hydrogen) atoms. The highest BCUT2D eigenvalue weighted by Gasteiger charge is 1.94. The highest BCUT2D eigenvalue weighted by Crippen LogP contribution is 2.00. The minimum Gasteiger partial charge on any atom is -0.461 e. The van der Waals surface area contributed by atoms with E-state index in [1.807, 2.05) is 30.3 Å². The lowest BCUT2D eigenvalue weighted by molar-refractivity contribution is -0.137. The molecule has 0 fully saturated rings. The molecule has 0 aliphatic heterocycles. The summed E-state index contributed by atoms with van der Waals surface area (Å²) in [4.78, 5) is 11.0. The molecule has 0 heterocycles. The summed E-state index contributed by atoms with van der Waals surface area (Å²) in [5, 5.41) is 0. The minimum atomic E-state index is -0.366. The molecular formula is C11H11ClO2. The summed E-state index contributed by atoms with van der Waals surface area (Å²) in [6, 6.07) is 9.55. The van der Waals surface area contributed by atoms with Gasteiger partial charge in [0.05, 0.1) is 5.88 Å². The number of ether oxygens (including phenoxy) is 1. The van der Waals surface area contributed by atoms with Gasteiger partial charge in [-0.05, 0) is 11.6 Å². The lowest BCUT2D eigenvalue weighted by Crippen LogP contribution is -2.02. The summed E-state index contributed by atoms with van der Waals surface area (Å²) in [6.45, 7) is 0.250. The number of hydrogen-bond donors (Lipinski definition) is 0. The SMILES string of the molecule is O=C(C=Cc1ccccc1)OCCCl. The largest absolute Gasteiger partial charge is 0.461 e. The zero-order valence-corrected chi connectivity index (χ0v) is 8.41. The molecule has 0 aliphatic rings. The van der Waals surface area contributed by atoms with Crippen LogP contribution in [0.2, 0.25) is 0 Å². The maximum absolute atomic E-state index is 11.0. The molecule has 0 atom stereocenters. The number of alkyl halides is 1. The zero-order valence-electron chi connectivity index (χ0n) is 7.65. The van der Waals surface area contributed by atoms with Gasteiger partial charge in [0.1, 0.15) is 6.61 Å². The Kier molecular flexibility index (Phi) is 4.79. The van der Waals surface area contributed by atoms with E-state index in [0.717, 1.165) is 5.56 Å². The summed E-state index contributed by atoms with van der Waals surface area (Å²) >= 11 is 5.36. The van der Waals surface area contributed by atoms with Gasteiger partial charge in [0.2, 0.25) is 0 Å². The second kappa shape index (κ2) is 6.22. The molecule has 0 aliphatic carbocycles. The molecule has 0 spiro atoms. The number of halogens is 1. The molecule has 0 aromatic heterocycles. The first-order chi connectivity index (χ1) is 6.83. The summed E-state index contributed by atoms with van der Waals surface area (Å²) < 4.78 is 4.76. The number of carbonyl (C=O) groups excluding carboxylic acids is 1. The van der Waals surface area contributed by atoms with Gasteiger partial charge in [-0.2, -0.15) is 0 Å². The first kappa shape index (κ1) is 10.8. The summed E-state index contributed by atoms with van der Waals surface area (Å²) in [5.74, 6) is -0.0419. The van der Waals surface area contributed by atoms with Crippen LogP contribution in [0.5, 0.6) is 0 Å². The first-order valence-corrected chi connectivity index (χ1v) is 4.82. The number of esters is 1. The van der Waals surface area contributed by atoms with Gasteiger partial charge < -0.3 is 4.74 Å². The van der Waals surface area contributed by atoms with Crippen LogP contribution in [0.15, 0.2) is 36.4 Å². The van der Waals surface area contributed by atoms with E-state index in [4.69, 9.17) is 16.3 Å². The molecule has 0 unspecified atom stereocenters. The van der Waals surface area contributed by atoms with Crippen LogP contribution in [0.1, 0.15) is 5.56 Å². The van der Waals surface area contributed by atoms with Crippen LogP contribution in [-0.2, 0) is 9.53 Å². The topological polar surface area (TPSA) is 26.3 Å². The molecule has 3 heteroatoms. The third kappa shape index (κ3) is 4.10. The van der Waals surface area contributed by atoms with E-state index in [-0.39, 0.29) is 12.6 Å². The van der Waals surface area contributed by atoms with Gasteiger partial charge in [-0.1, -0.05) is 30.3 Å². The van der Waals surface area contributed by atoms with E-state index in [9.17, 15) is 4.79 Å².